The second kappa shape index (κ2) is 6.45. The summed E-state index contributed by atoms with van der Waals surface area (Å²) in [5.74, 6) is 1.12. The number of rotatable bonds is 4. The van der Waals surface area contributed by atoms with E-state index in [1.165, 1.54) is 37.4 Å². The minimum atomic E-state index is -0.848. The van der Waals surface area contributed by atoms with E-state index in [1.54, 1.807) is 0 Å². The van der Waals surface area contributed by atoms with E-state index in [2.05, 4.69) is 0 Å². The standard InChI is InChI=1S/C13H21NO3S/c15-12(8-18-9-13(16)17)14-6-5-10-3-1-2-4-11(10)7-14/h10-11H,1-9H2,(H,16,17). The van der Waals surface area contributed by atoms with E-state index in [-0.39, 0.29) is 11.7 Å². The Kier molecular flexibility index (Phi) is 4.92. The van der Waals surface area contributed by atoms with Crippen molar-refractivity contribution in [2.24, 2.45) is 11.8 Å². The molecule has 0 bridgehead atoms. The SMILES string of the molecule is O=C(O)CSCC(=O)N1CCC2CCCCC2C1. The number of thioether (sulfide) groups is 1. The van der Waals surface area contributed by atoms with E-state index in [0.717, 1.165) is 25.4 Å². The van der Waals surface area contributed by atoms with Crippen LogP contribution in [-0.4, -0.2) is 46.5 Å². The Morgan fingerprint density at radius 3 is 2.56 bits per heavy atom. The Labute approximate surface area is 112 Å². The fourth-order valence-corrected chi connectivity index (χ4v) is 3.78. The van der Waals surface area contributed by atoms with E-state index >= 15 is 0 Å². The third-order valence-electron chi connectivity index (χ3n) is 4.09. The molecule has 5 heteroatoms. The molecule has 1 heterocycles. The summed E-state index contributed by atoms with van der Waals surface area (Å²) in [6, 6.07) is 0. The number of amides is 1. The van der Waals surface area contributed by atoms with Crippen molar-refractivity contribution in [3.05, 3.63) is 0 Å². The summed E-state index contributed by atoms with van der Waals surface area (Å²) >= 11 is 1.20. The van der Waals surface area contributed by atoms with Gasteiger partial charge in [-0.15, -0.1) is 11.8 Å². The molecule has 0 aromatic carbocycles. The van der Waals surface area contributed by atoms with Gasteiger partial charge >= 0.3 is 5.97 Å². The molecule has 1 aliphatic carbocycles. The van der Waals surface area contributed by atoms with Crippen LogP contribution in [0, 0.1) is 11.8 Å². The van der Waals surface area contributed by atoms with Gasteiger partial charge in [0.05, 0.1) is 11.5 Å². The number of hydrogen-bond acceptors (Lipinski definition) is 3. The van der Waals surface area contributed by atoms with Gasteiger partial charge in [-0.1, -0.05) is 19.3 Å². The number of carboxylic acid groups (broad SMARTS) is 1. The summed E-state index contributed by atoms with van der Waals surface area (Å²) in [5, 5.41) is 8.55. The first kappa shape index (κ1) is 13.7. The van der Waals surface area contributed by atoms with Gasteiger partial charge in [0.15, 0.2) is 0 Å². The van der Waals surface area contributed by atoms with Crippen molar-refractivity contribution in [3.8, 4) is 0 Å². The van der Waals surface area contributed by atoms with Crippen LogP contribution in [0.1, 0.15) is 32.1 Å². The van der Waals surface area contributed by atoms with Crippen molar-refractivity contribution in [1.82, 2.24) is 4.90 Å². The van der Waals surface area contributed by atoms with Gasteiger partial charge in [0, 0.05) is 13.1 Å². The van der Waals surface area contributed by atoms with Crippen LogP contribution < -0.4 is 0 Å². The molecule has 0 radical (unpaired) electrons. The molecule has 2 rings (SSSR count). The number of aliphatic carboxylic acids is 1. The van der Waals surface area contributed by atoms with Crippen LogP contribution in [0.2, 0.25) is 0 Å². The highest BCUT2D eigenvalue weighted by Gasteiger charge is 2.32. The Bertz CT molecular complexity index is 321. The molecule has 4 nitrogen and oxygen atoms in total. The number of hydrogen-bond donors (Lipinski definition) is 1. The maximum Gasteiger partial charge on any atom is 0.313 e. The van der Waals surface area contributed by atoms with E-state index in [9.17, 15) is 9.59 Å². The summed E-state index contributed by atoms with van der Waals surface area (Å²) < 4.78 is 0. The van der Waals surface area contributed by atoms with Gasteiger partial charge in [-0.3, -0.25) is 9.59 Å². The Balaban J connectivity index is 1.75. The summed E-state index contributed by atoms with van der Waals surface area (Å²) in [4.78, 5) is 24.3. The number of carbonyl (C=O) groups excluding carboxylic acids is 1. The van der Waals surface area contributed by atoms with Gasteiger partial charge in [-0.25, -0.2) is 0 Å². The molecule has 18 heavy (non-hydrogen) atoms. The topological polar surface area (TPSA) is 57.6 Å². The average molecular weight is 271 g/mol. The Morgan fingerprint density at radius 1 is 1.11 bits per heavy atom. The van der Waals surface area contributed by atoms with Crippen LogP contribution in [0.15, 0.2) is 0 Å². The minimum Gasteiger partial charge on any atom is -0.481 e. The monoisotopic (exact) mass is 271 g/mol. The molecule has 1 saturated heterocycles. The second-order valence-electron chi connectivity index (χ2n) is 5.32. The summed E-state index contributed by atoms with van der Waals surface area (Å²) in [6.07, 6.45) is 6.39. The lowest BCUT2D eigenvalue weighted by atomic mass is 9.75. The zero-order chi connectivity index (χ0) is 13.0. The molecule has 2 unspecified atom stereocenters. The first-order valence-corrected chi connectivity index (χ1v) is 7.89. The number of likely N-dealkylation sites (tertiary alicyclic amines) is 1. The number of fused-ring (bicyclic) bond motifs is 1. The van der Waals surface area contributed by atoms with Crippen LogP contribution in [0.3, 0.4) is 0 Å². The summed E-state index contributed by atoms with van der Waals surface area (Å²) in [5.41, 5.74) is 0. The van der Waals surface area contributed by atoms with E-state index < -0.39 is 5.97 Å². The van der Waals surface area contributed by atoms with Crippen molar-refractivity contribution >= 4 is 23.6 Å². The average Bonchev–Trinajstić information content (AvgIpc) is 2.37. The van der Waals surface area contributed by atoms with Crippen molar-refractivity contribution < 1.29 is 14.7 Å². The van der Waals surface area contributed by atoms with Crippen LogP contribution in [0.25, 0.3) is 0 Å². The van der Waals surface area contributed by atoms with Gasteiger partial charge in [0.25, 0.3) is 0 Å². The van der Waals surface area contributed by atoms with Gasteiger partial charge in [-0.2, -0.15) is 0 Å². The van der Waals surface area contributed by atoms with Crippen LogP contribution >= 0.6 is 11.8 Å². The molecule has 0 aromatic rings. The Hall–Kier alpha value is -0.710. The number of carboxylic acids is 1. The third kappa shape index (κ3) is 3.64. The molecule has 102 valence electrons. The Morgan fingerprint density at radius 2 is 1.83 bits per heavy atom. The van der Waals surface area contributed by atoms with Crippen molar-refractivity contribution in [2.45, 2.75) is 32.1 Å². The normalized spacial score (nSPS) is 27.7. The number of nitrogens with zero attached hydrogens (tertiary/aromatic N) is 1. The molecule has 0 spiro atoms. The quantitative estimate of drug-likeness (QED) is 0.847. The highest BCUT2D eigenvalue weighted by molar-refractivity contribution is 8.00. The predicted octanol–water partition coefficient (Wildman–Crippen LogP) is 1.84. The van der Waals surface area contributed by atoms with Crippen LogP contribution in [0.5, 0.6) is 0 Å². The van der Waals surface area contributed by atoms with Crippen molar-refractivity contribution in [3.63, 3.8) is 0 Å². The molecule has 2 aliphatic rings. The van der Waals surface area contributed by atoms with E-state index in [1.807, 2.05) is 4.90 Å². The fourth-order valence-electron chi connectivity index (χ4n) is 3.14. The molecule has 1 saturated carbocycles. The predicted molar refractivity (Wildman–Crippen MR) is 71.6 cm³/mol. The van der Waals surface area contributed by atoms with Gasteiger partial charge < -0.3 is 10.0 Å². The number of carbonyl (C=O) groups is 2. The first-order valence-electron chi connectivity index (χ1n) is 6.74. The summed E-state index contributed by atoms with van der Waals surface area (Å²) in [7, 11) is 0. The molecular weight excluding hydrogens is 250 g/mol. The minimum absolute atomic E-state index is 0.0195. The molecule has 2 fully saturated rings. The van der Waals surface area contributed by atoms with Crippen molar-refractivity contribution in [2.75, 3.05) is 24.6 Å². The van der Waals surface area contributed by atoms with Gasteiger partial charge in [-0.05, 0) is 24.7 Å². The van der Waals surface area contributed by atoms with Gasteiger partial charge in [0.2, 0.25) is 5.91 Å². The fraction of sp³-hybridized carbons (Fsp3) is 0.846. The maximum atomic E-state index is 12.0. The highest BCUT2D eigenvalue weighted by atomic mass is 32.2. The zero-order valence-electron chi connectivity index (χ0n) is 10.6. The molecule has 0 aromatic heterocycles. The maximum absolute atomic E-state index is 12.0. The largest absolute Gasteiger partial charge is 0.481 e. The first-order chi connectivity index (χ1) is 8.66. The van der Waals surface area contributed by atoms with Gasteiger partial charge in [0.1, 0.15) is 0 Å². The lowest BCUT2D eigenvalue weighted by molar-refractivity contribution is -0.133. The van der Waals surface area contributed by atoms with E-state index in [0.29, 0.717) is 11.7 Å². The molecule has 2 atom stereocenters. The molecule has 1 N–H and O–H groups in total. The second-order valence-corrected chi connectivity index (χ2v) is 6.31. The lowest BCUT2D eigenvalue weighted by Gasteiger charge is -2.41. The molecular formula is C13H21NO3S. The zero-order valence-corrected chi connectivity index (χ0v) is 11.5. The smallest absolute Gasteiger partial charge is 0.313 e. The molecule has 1 amide bonds. The third-order valence-corrected chi connectivity index (χ3v) is 5.00. The highest BCUT2D eigenvalue weighted by Crippen LogP contribution is 2.36. The van der Waals surface area contributed by atoms with Crippen molar-refractivity contribution in [1.29, 1.82) is 0 Å². The van der Waals surface area contributed by atoms with Crippen LogP contribution in [0.4, 0.5) is 0 Å². The number of piperidine rings is 1. The van der Waals surface area contributed by atoms with E-state index in [4.69, 9.17) is 5.11 Å². The lowest BCUT2D eigenvalue weighted by Crippen LogP contribution is -2.45. The summed E-state index contributed by atoms with van der Waals surface area (Å²) in [6.45, 7) is 1.77. The molecule has 1 aliphatic heterocycles. The van der Waals surface area contributed by atoms with Crippen LogP contribution in [-0.2, 0) is 9.59 Å².